The number of nitrogens with zero attached hydrogens (tertiary/aromatic N) is 3. The van der Waals surface area contributed by atoms with Gasteiger partial charge in [-0.2, -0.15) is 5.26 Å². The van der Waals surface area contributed by atoms with Crippen LogP contribution < -0.4 is 15.0 Å². The summed E-state index contributed by atoms with van der Waals surface area (Å²) in [5.41, 5.74) is 8.97. The van der Waals surface area contributed by atoms with Gasteiger partial charge in [-0.25, -0.2) is 4.57 Å². The van der Waals surface area contributed by atoms with Gasteiger partial charge in [0.05, 0.1) is 5.92 Å². The van der Waals surface area contributed by atoms with Gasteiger partial charge < -0.3 is 10.5 Å². The summed E-state index contributed by atoms with van der Waals surface area (Å²) in [7, 11) is 1.94. The van der Waals surface area contributed by atoms with E-state index in [0.29, 0.717) is 11.5 Å². The van der Waals surface area contributed by atoms with Crippen LogP contribution in [0.2, 0.25) is 0 Å². The molecule has 1 aliphatic heterocycles. The maximum atomic E-state index is 9.41. The van der Waals surface area contributed by atoms with Crippen molar-refractivity contribution in [2.75, 3.05) is 0 Å². The molecule has 6 heteroatoms. The van der Waals surface area contributed by atoms with Crippen molar-refractivity contribution in [2.24, 2.45) is 12.8 Å². The first-order valence-electron chi connectivity index (χ1n) is 6.19. The molecule has 3 rings (SSSR count). The predicted molar refractivity (Wildman–Crippen MR) is 70.2 cm³/mol. The number of fused-ring (bicyclic) bond motifs is 1. The van der Waals surface area contributed by atoms with E-state index < -0.39 is 0 Å². The van der Waals surface area contributed by atoms with Crippen molar-refractivity contribution in [3.05, 3.63) is 52.8 Å². The molecule has 0 aliphatic carbocycles. The standard InChI is InChI=1S/C14H14N5O/c1-8-11-12(9-4-3-5-19(2)7-9)10(6-15)13(16)20-14(11)18-17-8/h3-5,7,12H,16H2,1-2H3,(H,17,18)/q+1. The Kier molecular flexibility index (Phi) is 2.68. The second kappa shape index (κ2) is 4.38. The summed E-state index contributed by atoms with van der Waals surface area (Å²) in [6, 6.07) is 6.06. The Labute approximate surface area is 116 Å². The second-order valence-corrected chi connectivity index (χ2v) is 4.79. The summed E-state index contributed by atoms with van der Waals surface area (Å²) in [5, 5.41) is 16.4. The Balaban J connectivity index is 2.25. The van der Waals surface area contributed by atoms with Crippen molar-refractivity contribution < 1.29 is 9.30 Å². The van der Waals surface area contributed by atoms with Crippen molar-refractivity contribution in [1.82, 2.24) is 10.2 Å². The Morgan fingerprint density at radius 2 is 2.35 bits per heavy atom. The van der Waals surface area contributed by atoms with Crippen LogP contribution in [0, 0.1) is 18.3 Å². The lowest BCUT2D eigenvalue weighted by atomic mass is 9.85. The van der Waals surface area contributed by atoms with Crippen molar-refractivity contribution in [3.63, 3.8) is 0 Å². The minimum atomic E-state index is -0.255. The third-order valence-corrected chi connectivity index (χ3v) is 3.43. The molecule has 0 radical (unpaired) electrons. The summed E-state index contributed by atoms with van der Waals surface area (Å²) < 4.78 is 7.36. The third kappa shape index (κ3) is 1.72. The fourth-order valence-electron chi connectivity index (χ4n) is 2.51. The van der Waals surface area contributed by atoms with Crippen LogP contribution in [-0.4, -0.2) is 10.2 Å². The van der Waals surface area contributed by atoms with Gasteiger partial charge in [-0.15, -0.1) is 5.10 Å². The van der Waals surface area contributed by atoms with Gasteiger partial charge in [-0.3, -0.25) is 5.10 Å². The fourth-order valence-corrected chi connectivity index (χ4v) is 2.51. The van der Waals surface area contributed by atoms with Crippen molar-refractivity contribution in [1.29, 1.82) is 5.26 Å². The lowest BCUT2D eigenvalue weighted by Gasteiger charge is -2.22. The number of hydrogen-bond acceptors (Lipinski definition) is 4. The number of rotatable bonds is 1. The topological polar surface area (TPSA) is 91.6 Å². The van der Waals surface area contributed by atoms with Crippen LogP contribution in [0.25, 0.3) is 0 Å². The molecule has 100 valence electrons. The molecule has 0 bridgehead atoms. The van der Waals surface area contributed by atoms with E-state index in [4.69, 9.17) is 10.5 Å². The first kappa shape index (κ1) is 12.2. The van der Waals surface area contributed by atoms with E-state index in [2.05, 4.69) is 16.3 Å². The summed E-state index contributed by atoms with van der Waals surface area (Å²) in [6.45, 7) is 1.90. The minimum absolute atomic E-state index is 0.114. The molecule has 1 unspecified atom stereocenters. The number of nitrogens with one attached hydrogen (secondary N) is 1. The monoisotopic (exact) mass is 268 g/mol. The molecule has 1 aliphatic rings. The van der Waals surface area contributed by atoms with E-state index in [-0.39, 0.29) is 11.8 Å². The van der Waals surface area contributed by atoms with Gasteiger partial charge in [0.15, 0.2) is 12.4 Å². The molecule has 1 atom stereocenters. The van der Waals surface area contributed by atoms with Crippen LogP contribution in [0.1, 0.15) is 22.7 Å². The number of aryl methyl sites for hydroxylation is 2. The molecule has 2 aromatic heterocycles. The molecule has 20 heavy (non-hydrogen) atoms. The maximum absolute atomic E-state index is 9.41. The molecule has 0 saturated carbocycles. The number of aromatic nitrogens is 3. The number of pyridine rings is 1. The van der Waals surface area contributed by atoms with Gasteiger partial charge in [0, 0.05) is 22.9 Å². The zero-order chi connectivity index (χ0) is 14.3. The molecule has 0 amide bonds. The third-order valence-electron chi connectivity index (χ3n) is 3.43. The highest BCUT2D eigenvalue weighted by atomic mass is 16.5. The van der Waals surface area contributed by atoms with Crippen LogP contribution in [0.3, 0.4) is 0 Å². The first-order valence-corrected chi connectivity index (χ1v) is 6.19. The lowest BCUT2D eigenvalue weighted by molar-refractivity contribution is -0.671. The van der Waals surface area contributed by atoms with E-state index >= 15 is 0 Å². The number of hydrogen-bond donors (Lipinski definition) is 2. The minimum Gasteiger partial charge on any atom is -0.420 e. The maximum Gasteiger partial charge on any atom is 0.244 e. The Morgan fingerprint density at radius 3 is 3.05 bits per heavy atom. The Morgan fingerprint density at radius 1 is 1.55 bits per heavy atom. The molecular weight excluding hydrogens is 254 g/mol. The SMILES string of the molecule is Cc1[nH]nc2c1C(c1ccc[n+](C)c1)C(C#N)=C(N)O2. The number of allylic oxidation sites excluding steroid dienone is 1. The normalized spacial score (nSPS) is 17.4. The summed E-state index contributed by atoms with van der Waals surface area (Å²) >= 11 is 0. The molecule has 0 saturated heterocycles. The zero-order valence-corrected chi connectivity index (χ0v) is 11.2. The van der Waals surface area contributed by atoms with Crippen LogP contribution >= 0.6 is 0 Å². The number of aromatic amines is 1. The number of nitrogens with two attached hydrogens (primary N) is 1. The second-order valence-electron chi connectivity index (χ2n) is 4.79. The number of ether oxygens (including phenoxy) is 1. The molecular formula is C14H14N5O+. The predicted octanol–water partition coefficient (Wildman–Crippen LogP) is 0.761. The van der Waals surface area contributed by atoms with Gasteiger partial charge in [0.25, 0.3) is 0 Å². The van der Waals surface area contributed by atoms with Gasteiger partial charge >= 0.3 is 0 Å². The summed E-state index contributed by atoms with van der Waals surface area (Å²) in [6.07, 6.45) is 3.90. The quantitative estimate of drug-likeness (QED) is 0.747. The highest BCUT2D eigenvalue weighted by Crippen LogP contribution is 2.41. The van der Waals surface area contributed by atoms with E-state index in [1.807, 2.05) is 43.1 Å². The van der Waals surface area contributed by atoms with Crippen molar-refractivity contribution >= 4 is 0 Å². The summed E-state index contributed by atoms with van der Waals surface area (Å²) in [4.78, 5) is 0. The van der Waals surface area contributed by atoms with E-state index in [1.165, 1.54) is 0 Å². The average Bonchev–Trinajstić information content (AvgIpc) is 2.78. The smallest absolute Gasteiger partial charge is 0.244 e. The molecule has 2 aromatic rings. The molecule has 3 heterocycles. The molecule has 0 aromatic carbocycles. The van der Waals surface area contributed by atoms with Crippen LogP contribution in [0.5, 0.6) is 5.88 Å². The van der Waals surface area contributed by atoms with E-state index in [1.54, 1.807) is 0 Å². The highest BCUT2D eigenvalue weighted by Gasteiger charge is 2.35. The zero-order valence-electron chi connectivity index (χ0n) is 11.2. The van der Waals surface area contributed by atoms with Gasteiger partial charge in [-0.1, -0.05) is 0 Å². The largest absolute Gasteiger partial charge is 0.420 e. The van der Waals surface area contributed by atoms with Crippen LogP contribution in [-0.2, 0) is 7.05 Å². The Bertz CT molecular complexity index is 753. The number of H-pyrrole nitrogens is 1. The Hall–Kier alpha value is -2.81. The van der Waals surface area contributed by atoms with E-state index in [9.17, 15) is 5.26 Å². The van der Waals surface area contributed by atoms with E-state index in [0.717, 1.165) is 16.8 Å². The van der Waals surface area contributed by atoms with Crippen LogP contribution in [0.4, 0.5) is 0 Å². The molecule has 3 N–H and O–H groups in total. The average molecular weight is 268 g/mol. The fraction of sp³-hybridized carbons (Fsp3) is 0.214. The molecule has 0 fully saturated rings. The van der Waals surface area contributed by atoms with Crippen molar-refractivity contribution in [2.45, 2.75) is 12.8 Å². The lowest BCUT2D eigenvalue weighted by Crippen LogP contribution is -2.29. The molecule has 0 spiro atoms. The van der Waals surface area contributed by atoms with Gasteiger partial charge in [0.2, 0.25) is 11.8 Å². The van der Waals surface area contributed by atoms with Crippen LogP contribution in [0.15, 0.2) is 36.0 Å². The molecule has 6 nitrogen and oxygen atoms in total. The van der Waals surface area contributed by atoms with Crippen molar-refractivity contribution in [3.8, 4) is 11.9 Å². The van der Waals surface area contributed by atoms with Gasteiger partial charge in [-0.05, 0) is 13.0 Å². The highest BCUT2D eigenvalue weighted by molar-refractivity contribution is 5.54. The first-order chi connectivity index (χ1) is 9.61. The van der Waals surface area contributed by atoms with Gasteiger partial charge in [0.1, 0.15) is 18.7 Å². The number of nitriles is 1. The summed E-state index contributed by atoms with van der Waals surface area (Å²) in [5.74, 6) is 0.299.